The molecule has 0 saturated heterocycles. The average molecular weight is 394 g/mol. The first-order valence-electron chi connectivity index (χ1n) is 8.21. The van der Waals surface area contributed by atoms with Crippen molar-refractivity contribution in [2.24, 2.45) is 0 Å². The van der Waals surface area contributed by atoms with Gasteiger partial charge in [-0.2, -0.15) is 5.26 Å². The van der Waals surface area contributed by atoms with Crippen LogP contribution >= 0.6 is 11.6 Å². The normalized spacial score (nSPS) is 18.4. The number of halogens is 1. The molecule has 1 aromatic carbocycles. The lowest BCUT2D eigenvalue weighted by atomic mass is 9.89. The van der Waals surface area contributed by atoms with Crippen LogP contribution in [0.15, 0.2) is 28.4 Å². The Labute approximate surface area is 156 Å². The molecule has 0 saturated carbocycles. The minimum atomic E-state index is -3.36. The molecule has 0 N–H and O–H groups in total. The van der Waals surface area contributed by atoms with Crippen molar-refractivity contribution in [1.29, 1.82) is 5.26 Å². The highest BCUT2D eigenvalue weighted by atomic mass is 35.5. The van der Waals surface area contributed by atoms with Crippen molar-refractivity contribution in [2.45, 2.75) is 37.0 Å². The van der Waals surface area contributed by atoms with Crippen molar-refractivity contribution >= 4 is 33.0 Å². The van der Waals surface area contributed by atoms with E-state index in [2.05, 4.69) is 0 Å². The summed E-state index contributed by atoms with van der Waals surface area (Å²) >= 11 is 6.31. The van der Waals surface area contributed by atoms with Gasteiger partial charge >= 0.3 is 0 Å². The lowest BCUT2D eigenvalue weighted by molar-refractivity contribution is -0.116. The van der Waals surface area contributed by atoms with Crippen molar-refractivity contribution in [1.82, 2.24) is 0 Å². The van der Waals surface area contributed by atoms with Crippen LogP contribution in [0.4, 0.5) is 0 Å². The van der Waals surface area contributed by atoms with Crippen LogP contribution in [-0.4, -0.2) is 32.3 Å². The summed E-state index contributed by atoms with van der Waals surface area (Å²) in [6.07, 6.45) is 1.65. The summed E-state index contributed by atoms with van der Waals surface area (Å²) in [5, 5.41) is 8.70. The fraction of sp³-hybridized carbons (Fsp3) is 0.389. The molecule has 6 nitrogen and oxygen atoms in total. The smallest absolute Gasteiger partial charge is 0.201 e. The van der Waals surface area contributed by atoms with Crippen LogP contribution in [0.2, 0.25) is 5.02 Å². The summed E-state index contributed by atoms with van der Waals surface area (Å²) in [5.41, 5.74) is 0.486. The van der Waals surface area contributed by atoms with Gasteiger partial charge in [0.25, 0.3) is 0 Å². The van der Waals surface area contributed by atoms with Gasteiger partial charge in [0.05, 0.1) is 28.2 Å². The predicted molar refractivity (Wildman–Crippen MR) is 93.6 cm³/mol. The minimum absolute atomic E-state index is 0.0379. The van der Waals surface area contributed by atoms with Gasteiger partial charge in [0.1, 0.15) is 17.9 Å². The molecule has 0 radical (unpaired) electrons. The van der Waals surface area contributed by atoms with Gasteiger partial charge in [-0.05, 0) is 30.5 Å². The Bertz CT molecular complexity index is 972. The first-order valence-corrected chi connectivity index (χ1v) is 10.2. The van der Waals surface area contributed by atoms with Crippen LogP contribution in [0.3, 0.4) is 0 Å². The molecule has 3 rings (SSSR count). The van der Waals surface area contributed by atoms with Crippen LogP contribution < -0.4 is 0 Å². The van der Waals surface area contributed by atoms with Crippen molar-refractivity contribution < 1.29 is 22.7 Å². The van der Waals surface area contributed by atoms with Crippen molar-refractivity contribution in [3.8, 4) is 6.07 Å². The van der Waals surface area contributed by atoms with Gasteiger partial charge < -0.3 is 4.74 Å². The zero-order valence-electron chi connectivity index (χ0n) is 13.9. The Morgan fingerprint density at radius 2 is 2.04 bits per heavy atom. The lowest BCUT2D eigenvalue weighted by Gasteiger charge is -2.19. The Morgan fingerprint density at radius 1 is 1.27 bits per heavy atom. The third kappa shape index (κ3) is 3.27. The summed E-state index contributed by atoms with van der Waals surface area (Å²) < 4.78 is 29.5. The number of sulfone groups is 1. The van der Waals surface area contributed by atoms with Crippen LogP contribution in [0.25, 0.3) is 0 Å². The molecule has 1 aliphatic carbocycles. The van der Waals surface area contributed by atoms with Crippen LogP contribution in [0, 0.1) is 11.3 Å². The number of rotatable bonds is 5. The molecule has 26 heavy (non-hydrogen) atoms. The first kappa shape index (κ1) is 18.6. The number of Topliss-reactive ketones (excluding diaryl/α,β-unsaturated/α-hetero) is 2. The van der Waals surface area contributed by atoms with E-state index < -0.39 is 15.6 Å². The molecule has 1 aromatic rings. The Kier molecular flexibility index (Phi) is 5.17. The summed E-state index contributed by atoms with van der Waals surface area (Å²) in [7, 11) is -3.36. The minimum Gasteiger partial charge on any atom is -0.496 e. The van der Waals surface area contributed by atoms with E-state index in [1.165, 1.54) is 12.1 Å². The molecule has 0 aromatic heterocycles. The van der Waals surface area contributed by atoms with E-state index in [9.17, 15) is 18.0 Å². The molecule has 1 aliphatic heterocycles. The molecule has 8 heteroatoms. The number of carbonyl (C=O) groups is 2. The second kappa shape index (κ2) is 7.22. The zero-order valence-corrected chi connectivity index (χ0v) is 15.5. The molecular weight excluding hydrogens is 378 g/mol. The van der Waals surface area contributed by atoms with E-state index >= 15 is 0 Å². The second-order valence-electron chi connectivity index (χ2n) is 6.13. The Hall–Kier alpha value is -2.17. The predicted octanol–water partition coefficient (Wildman–Crippen LogP) is 2.79. The van der Waals surface area contributed by atoms with Gasteiger partial charge in [-0.25, -0.2) is 8.42 Å². The average Bonchev–Trinajstić information content (AvgIpc) is 2.91. The molecule has 2 aliphatic rings. The zero-order chi connectivity index (χ0) is 18.9. The topological polar surface area (TPSA) is 101 Å². The number of ether oxygens (including phenoxy) is 1. The summed E-state index contributed by atoms with van der Waals surface area (Å²) in [4.78, 5) is 25.5. The highest BCUT2D eigenvalue weighted by molar-refractivity contribution is 7.91. The summed E-state index contributed by atoms with van der Waals surface area (Å²) in [6, 6.07) is 4.67. The number of nitrogens with zero attached hydrogens (tertiary/aromatic N) is 1. The van der Waals surface area contributed by atoms with E-state index in [0.717, 1.165) is 0 Å². The van der Waals surface area contributed by atoms with E-state index in [1.54, 1.807) is 0 Å². The number of fused-ring (bicyclic) bond motifs is 1. The highest BCUT2D eigenvalue weighted by Crippen LogP contribution is 2.36. The quantitative estimate of drug-likeness (QED) is 0.433. The van der Waals surface area contributed by atoms with E-state index in [1.807, 2.05) is 6.07 Å². The third-order valence-electron chi connectivity index (χ3n) is 4.48. The van der Waals surface area contributed by atoms with E-state index in [0.29, 0.717) is 18.4 Å². The molecule has 0 atom stereocenters. The number of ketones is 2. The number of nitriles is 1. The maximum absolute atomic E-state index is 13.0. The first-order chi connectivity index (χ1) is 12.4. The lowest BCUT2D eigenvalue weighted by Crippen LogP contribution is -2.21. The summed E-state index contributed by atoms with van der Waals surface area (Å²) in [5.74, 6) is -0.633. The van der Waals surface area contributed by atoms with Crippen molar-refractivity contribution in [2.75, 3.05) is 12.4 Å². The summed E-state index contributed by atoms with van der Waals surface area (Å²) in [6.45, 7) is 0.103. The second-order valence-corrected chi connectivity index (χ2v) is 8.59. The monoisotopic (exact) mass is 393 g/mol. The van der Waals surface area contributed by atoms with Gasteiger partial charge in [0, 0.05) is 18.4 Å². The largest absolute Gasteiger partial charge is 0.496 e. The number of allylic oxidation sites excluding steroid dienone is 2. The number of hydrogen-bond donors (Lipinski definition) is 0. The van der Waals surface area contributed by atoms with Crippen LogP contribution in [0.5, 0.6) is 0 Å². The molecule has 0 spiro atoms. The molecule has 1 heterocycles. The van der Waals surface area contributed by atoms with Gasteiger partial charge in [-0.15, -0.1) is 0 Å². The number of hydrogen-bond acceptors (Lipinski definition) is 6. The van der Waals surface area contributed by atoms with E-state index in [-0.39, 0.29) is 64.2 Å². The molecule has 0 unspecified atom stereocenters. The number of benzene rings is 1. The van der Waals surface area contributed by atoms with E-state index in [4.69, 9.17) is 21.6 Å². The maximum atomic E-state index is 13.0. The maximum Gasteiger partial charge on any atom is 0.201 e. The van der Waals surface area contributed by atoms with Gasteiger partial charge in [0.2, 0.25) is 5.78 Å². The Morgan fingerprint density at radius 3 is 2.77 bits per heavy atom. The van der Waals surface area contributed by atoms with Gasteiger partial charge in [-0.1, -0.05) is 11.6 Å². The van der Waals surface area contributed by atoms with Crippen molar-refractivity contribution in [3.63, 3.8) is 0 Å². The fourth-order valence-electron chi connectivity index (χ4n) is 3.22. The fourth-order valence-corrected chi connectivity index (χ4v) is 5.17. The Balaban J connectivity index is 2.02. The highest BCUT2D eigenvalue weighted by Gasteiger charge is 2.34. The van der Waals surface area contributed by atoms with Crippen molar-refractivity contribution in [3.05, 3.63) is 39.6 Å². The molecule has 0 amide bonds. The molecule has 0 bridgehead atoms. The molecular formula is C18H16ClNO5S. The molecule has 0 fully saturated rings. The standard InChI is InChI=1S/C18H16ClNO5S/c19-17-11-7-10-26(23,24)15(11)6-5-12(17)18(22)16-13(21)3-1-4-14(16)25-9-2-8-20/h5-6H,1-4,7,9-10H2. The van der Waals surface area contributed by atoms with Gasteiger partial charge in [-0.3, -0.25) is 9.59 Å². The molecule has 136 valence electrons. The van der Waals surface area contributed by atoms with Crippen LogP contribution in [0.1, 0.15) is 41.6 Å². The third-order valence-corrected chi connectivity index (χ3v) is 6.71. The van der Waals surface area contributed by atoms with Gasteiger partial charge in [0.15, 0.2) is 15.6 Å². The number of carbonyl (C=O) groups excluding carboxylic acids is 2. The van der Waals surface area contributed by atoms with Crippen LogP contribution in [-0.2, 0) is 25.8 Å². The SMILES string of the molecule is N#CCCOC1=C(C(=O)c2ccc3c(c2Cl)CCS3(=O)=O)C(=O)CCC1.